The van der Waals surface area contributed by atoms with E-state index in [1.54, 1.807) is 0 Å². The number of likely N-dealkylation sites (N-methyl/N-ethyl adjacent to an activating group) is 1. The number of ether oxygens (including phenoxy) is 1. The van der Waals surface area contributed by atoms with Gasteiger partial charge >= 0.3 is 0 Å². The molecule has 1 unspecified atom stereocenters. The molecule has 24 heavy (non-hydrogen) atoms. The van der Waals surface area contributed by atoms with Crippen LogP contribution in [-0.4, -0.2) is 25.0 Å². The standard InChI is InChI=1S/C21H23NO.ClH/c1-16(22(2)3)14-17-8-6-11-19(15-17)23-21-13-7-10-18-9-4-5-12-20(18)21;/h4-13,15-16H,14H2,1-3H3;1H. The Morgan fingerprint density at radius 3 is 2.42 bits per heavy atom. The van der Waals surface area contributed by atoms with Crippen LogP contribution in [0.15, 0.2) is 66.7 Å². The topological polar surface area (TPSA) is 12.5 Å². The van der Waals surface area contributed by atoms with Crippen LogP contribution in [0.25, 0.3) is 10.8 Å². The Morgan fingerprint density at radius 1 is 0.917 bits per heavy atom. The third kappa shape index (κ3) is 4.28. The van der Waals surface area contributed by atoms with E-state index < -0.39 is 0 Å². The van der Waals surface area contributed by atoms with Gasteiger partial charge in [-0.15, -0.1) is 12.4 Å². The number of halogens is 1. The highest BCUT2D eigenvalue weighted by atomic mass is 35.5. The maximum absolute atomic E-state index is 6.16. The number of hydrogen-bond donors (Lipinski definition) is 0. The van der Waals surface area contributed by atoms with Crippen LogP contribution in [0.3, 0.4) is 0 Å². The zero-order valence-corrected chi connectivity index (χ0v) is 15.2. The monoisotopic (exact) mass is 341 g/mol. The number of fused-ring (bicyclic) bond motifs is 1. The molecule has 0 spiro atoms. The van der Waals surface area contributed by atoms with E-state index in [1.165, 1.54) is 10.9 Å². The summed E-state index contributed by atoms with van der Waals surface area (Å²) in [5, 5.41) is 2.34. The van der Waals surface area contributed by atoms with Gasteiger partial charge in [0.25, 0.3) is 0 Å². The molecule has 0 aliphatic carbocycles. The number of nitrogens with zero attached hydrogens (tertiary/aromatic N) is 1. The first-order valence-corrected chi connectivity index (χ1v) is 8.04. The molecule has 3 rings (SSSR count). The first-order valence-electron chi connectivity index (χ1n) is 8.04. The normalized spacial score (nSPS) is 12.0. The van der Waals surface area contributed by atoms with Gasteiger partial charge in [-0.1, -0.05) is 48.5 Å². The molecule has 126 valence electrons. The molecular formula is C21H24ClNO. The second-order valence-corrected chi connectivity index (χ2v) is 6.24. The van der Waals surface area contributed by atoms with Gasteiger partial charge in [0.2, 0.25) is 0 Å². The summed E-state index contributed by atoms with van der Waals surface area (Å²) >= 11 is 0. The third-order valence-electron chi connectivity index (χ3n) is 4.29. The molecule has 0 radical (unpaired) electrons. The lowest BCUT2D eigenvalue weighted by Crippen LogP contribution is -2.26. The molecule has 2 nitrogen and oxygen atoms in total. The van der Waals surface area contributed by atoms with Crippen molar-refractivity contribution in [1.82, 2.24) is 4.90 Å². The average Bonchev–Trinajstić information content (AvgIpc) is 2.55. The molecule has 3 aromatic carbocycles. The van der Waals surface area contributed by atoms with Crippen LogP contribution >= 0.6 is 12.4 Å². The molecule has 1 atom stereocenters. The molecule has 3 aromatic rings. The van der Waals surface area contributed by atoms with Crippen LogP contribution in [0.5, 0.6) is 11.5 Å². The Labute approximate surface area is 150 Å². The van der Waals surface area contributed by atoms with Crippen molar-refractivity contribution >= 4 is 23.2 Å². The lowest BCUT2D eigenvalue weighted by atomic mass is 10.1. The summed E-state index contributed by atoms with van der Waals surface area (Å²) in [5.41, 5.74) is 1.30. The molecule has 0 bridgehead atoms. The molecule has 0 aromatic heterocycles. The summed E-state index contributed by atoms with van der Waals surface area (Å²) in [6, 6.07) is 23.4. The van der Waals surface area contributed by atoms with Gasteiger partial charge in [-0.2, -0.15) is 0 Å². The summed E-state index contributed by atoms with van der Waals surface area (Å²) in [6.45, 7) is 2.23. The first kappa shape index (κ1) is 18.3. The van der Waals surface area contributed by atoms with E-state index in [-0.39, 0.29) is 12.4 Å². The molecule has 0 saturated heterocycles. The molecule has 0 N–H and O–H groups in total. The second-order valence-electron chi connectivity index (χ2n) is 6.24. The predicted molar refractivity (Wildman–Crippen MR) is 105 cm³/mol. The van der Waals surface area contributed by atoms with E-state index in [2.05, 4.69) is 68.4 Å². The Morgan fingerprint density at radius 2 is 1.62 bits per heavy atom. The van der Waals surface area contributed by atoms with Gasteiger partial charge in [-0.3, -0.25) is 0 Å². The fraction of sp³-hybridized carbons (Fsp3) is 0.238. The minimum absolute atomic E-state index is 0. The van der Waals surface area contributed by atoms with Crippen molar-refractivity contribution in [2.75, 3.05) is 14.1 Å². The molecule has 0 heterocycles. The van der Waals surface area contributed by atoms with Crippen LogP contribution < -0.4 is 4.74 Å². The van der Waals surface area contributed by atoms with Crippen LogP contribution in [0.2, 0.25) is 0 Å². The molecule has 0 aliphatic rings. The van der Waals surface area contributed by atoms with E-state index in [1.807, 2.05) is 24.3 Å². The minimum Gasteiger partial charge on any atom is -0.457 e. The van der Waals surface area contributed by atoms with Crippen LogP contribution in [0.1, 0.15) is 12.5 Å². The maximum Gasteiger partial charge on any atom is 0.135 e. The van der Waals surface area contributed by atoms with Gasteiger partial charge in [-0.05, 0) is 56.6 Å². The summed E-state index contributed by atoms with van der Waals surface area (Å²) in [5.74, 6) is 1.80. The van der Waals surface area contributed by atoms with Gasteiger partial charge in [0.15, 0.2) is 0 Å². The van der Waals surface area contributed by atoms with Crippen molar-refractivity contribution in [3.63, 3.8) is 0 Å². The zero-order chi connectivity index (χ0) is 16.2. The number of benzene rings is 3. The summed E-state index contributed by atoms with van der Waals surface area (Å²) < 4.78 is 6.16. The van der Waals surface area contributed by atoms with Crippen molar-refractivity contribution in [3.8, 4) is 11.5 Å². The number of rotatable bonds is 5. The van der Waals surface area contributed by atoms with Crippen molar-refractivity contribution < 1.29 is 4.74 Å². The van der Waals surface area contributed by atoms with Crippen LogP contribution in [0.4, 0.5) is 0 Å². The van der Waals surface area contributed by atoms with Crippen molar-refractivity contribution in [2.24, 2.45) is 0 Å². The van der Waals surface area contributed by atoms with E-state index >= 15 is 0 Å². The Kier molecular flexibility index (Phi) is 6.24. The highest BCUT2D eigenvalue weighted by molar-refractivity contribution is 5.88. The SMILES string of the molecule is CC(Cc1cccc(Oc2cccc3ccccc23)c1)N(C)C.Cl. The van der Waals surface area contributed by atoms with Crippen molar-refractivity contribution in [1.29, 1.82) is 0 Å². The average molecular weight is 342 g/mol. The quantitative estimate of drug-likeness (QED) is 0.603. The minimum atomic E-state index is 0. The lowest BCUT2D eigenvalue weighted by Gasteiger charge is -2.20. The Bertz CT molecular complexity index is 795. The molecule has 3 heteroatoms. The lowest BCUT2D eigenvalue weighted by molar-refractivity contribution is 0.312. The van der Waals surface area contributed by atoms with Gasteiger partial charge in [0.05, 0.1) is 0 Å². The summed E-state index contributed by atoms with van der Waals surface area (Å²) in [6.07, 6.45) is 1.01. The molecule has 0 aliphatic heterocycles. The Hall–Kier alpha value is -2.03. The molecule has 0 fully saturated rings. The summed E-state index contributed by atoms with van der Waals surface area (Å²) in [7, 11) is 4.22. The molecule has 0 saturated carbocycles. The van der Waals surface area contributed by atoms with Crippen LogP contribution in [0, 0.1) is 0 Å². The second kappa shape index (κ2) is 8.18. The van der Waals surface area contributed by atoms with E-state index in [4.69, 9.17) is 4.74 Å². The van der Waals surface area contributed by atoms with Gasteiger partial charge in [0, 0.05) is 11.4 Å². The fourth-order valence-corrected chi connectivity index (χ4v) is 2.67. The number of hydrogen-bond acceptors (Lipinski definition) is 2. The molecular weight excluding hydrogens is 318 g/mol. The van der Waals surface area contributed by atoms with Gasteiger partial charge in [-0.25, -0.2) is 0 Å². The first-order chi connectivity index (χ1) is 11.1. The van der Waals surface area contributed by atoms with E-state index in [0.29, 0.717) is 6.04 Å². The van der Waals surface area contributed by atoms with Crippen molar-refractivity contribution in [3.05, 3.63) is 72.3 Å². The highest BCUT2D eigenvalue weighted by Gasteiger charge is 2.08. The van der Waals surface area contributed by atoms with Gasteiger partial charge < -0.3 is 9.64 Å². The van der Waals surface area contributed by atoms with E-state index in [9.17, 15) is 0 Å². The van der Waals surface area contributed by atoms with E-state index in [0.717, 1.165) is 23.3 Å². The Balaban J connectivity index is 0.00000208. The highest BCUT2D eigenvalue weighted by Crippen LogP contribution is 2.30. The fourth-order valence-electron chi connectivity index (χ4n) is 2.67. The predicted octanol–water partition coefficient (Wildman–Crippen LogP) is 5.55. The third-order valence-corrected chi connectivity index (χ3v) is 4.29. The molecule has 0 amide bonds. The maximum atomic E-state index is 6.16. The summed E-state index contributed by atoms with van der Waals surface area (Å²) in [4.78, 5) is 2.23. The van der Waals surface area contributed by atoms with Crippen molar-refractivity contribution in [2.45, 2.75) is 19.4 Å². The van der Waals surface area contributed by atoms with Gasteiger partial charge in [0.1, 0.15) is 11.5 Å². The smallest absolute Gasteiger partial charge is 0.135 e. The largest absolute Gasteiger partial charge is 0.457 e. The zero-order valence-electron chi connectivity index (χ0n) is 14.4. The van der Waals surface area contributed by atoms with Crippen LogP contribution in [-0.2, 0) is 6.42 Å².